The van der Waals surface area contributed by atoms with Crippen LogP contribution in [0.15, 0.2) is 24.3 Å². The van der Waals surface area contributed by atoms with Gasteiger partial charge in [0.25, 0.3) is 0 Å². The van der Waals surface area contributed by atoms with Gasteiger partial charge in [0.1, 0.15) is 11.7 Å². The van der Waals surface area contributed by atoms with Crippen LogP contribution in [0.4, 0.5) is 10.5 Å². The zero-order valence-corrected chi connectivity index (χ0v) is 12.2. The molecule has 0 N–H and O–H groups in total. The first kappa shape index (κ1) is 15.1. The molecule has 2 rings (SSSR count). The van der Waals surface area contributed by atoms with E-state index in [9.17, 15) is 14.9 Å². The van der Waals surface area contributed by atoms with Crippen molar-refractivity contribution in [3.8, 4) is 5.75 Å². The minimum absolute atomic E-state index is 0.0757. The molecule has 1 aliphatic rings. The predicted molar refractivity (Wildman–Crippen MR) is 75.3 cm³/mol. The van der Waals surface area contributed by atoms with Crippen molar-refractivity contribution in [1.82, 2.24) is 4.90 Å². The van der Waals surface area contributed by atoms with Crippen LogP contribution in [0.2, 0.25) is 0 Å². The van der Waals surface area contributed by atoms with Gasteiger partial charge in [-0.2, -0.15) is 0 Å². The maximum atomic E-state index is 11.8. The molecular weight excluding hydrogens is 276 g/mol. The molecule has 1 heterocycles. The first-order valence-corrected chi connectivity index (χ1v) is 6.64. The summed E-state index contributed by atoms with van der Waals surface area (Å²) in [5, 5.41) is 10.9. The number of rotatable bonds is 3. The lowest BCUT2D eigenvalue weighted by Crippen LogP contribution is -2.57. The van der Waals surface area contributed by atoms with Crippen LogP contribution in [-0.2, 0) is 4.74 Å². The Morgan fingerprint density at radius 3 is 2.52 bits per heavy atom. The number of likely N-dealkylation sites (tertiary alicyclic amines) is 1. The number of nitro groups is 1. The van der Waals surface area contributed by atoms with Crippen molar-refractivity contribution < 1.29 is 19.2 Å². The Hall–Kier alpha value is -2.31. The van der Waals surface area contributed by atoms with Gasteiger partial charge in [0.05, 0.1) is 18.0 Å². The Balaban J connectivity index is 1.89. The molecule has 1 saturated heterocycles. The molecule has 0 unspecified atom stereocenters. The fourth-order valence-corrected chi connectivity index (χ4v) is 1.88. The van der Waals surface area contributed by atoms with E-state index in [-0.39, 0.29) is 17.5 Å². The van der Waals surface area contributed by atoms with Crippen molar-refractivity contribution in [2.75, 3.05) is 13.1 Å². The summed E-state index contributed by atoms with van der Waals surface area (Å²) in [5.41, 5.74) is -0.616. The van der Waals surface area contributed by atoms with Crippen LogP contribution in [0.3, 0.4) is 0 Å². The molecule has 1 aromatic rings. The summed E-state index contributed by atoms with van der Waals surface area (Å²) in [6, 6.07) is 6.19. The predicted octanol–water partition coefficient (Wildman–Crippen LogP) is 2.59. The second-order valence-corrected chi connectivity index (χ2v) is 5.85. The van der Waals surface area contributed by atoms with Gasteiger partial charge in [0.15, 0.2) is 5.75 Å². The molecule has 1 aliphatic heterocycles. The molecule has 1 fully saturated rings. The Kier molecular flexibility index (Phi) is 4.02. The van der Waals surface area contributed by atoms with Gasteiger partial charge >= 0.3 is 11.8 Å². The Morgan fingerprint density at radius 2 is 1.95 bits per heavy atom. The van der Waals surface area contributed by atoms with E-state index < -0.39 is 16.6 Å². The second kappa shape index (κ2) is 5.59. The molecule has 0 spiro atoms. The van der Waals surface area contributed by atoms with Crippen LogP contribution < -0.4 is 4.74 Å². The number of carbonyl (C=O) groups excluding carboxylic acids is 1. The highest BCUT2D eigenvalue weighted by Crippen LogP contribution is 2.29. The van der Waals surface area contributed by atoms with Crippen molar-refractivity contribution in [3.05, 3.63) is 34.4 Å². The summed E-state index contributed by atoms with van der Waals surface area (Å²) < 4.78 is 10.8. The molecule has 7 nitrogen and oxygen atoms in total. The van der Waals surface area contributed by atoms with Crippen molar-refractivity contribution >= 4 is 11.8 Å². The van der Waals surface area contributed by atoms with Crippen LogP contribution in [0, 0.1) is 10.1 Å². The largest absolute Gasteiger partial charge is 0.480 e. The molecule has 114 valence electrons. The molecule has 0 atom stereocenters. The van der Waals surface area contributed by atoms with Crippen LogP contribution >= 0.6 is 0 Å². The van der Waals surface area contributed by atoms with Gasteiger partial charge in [0, 0.05) is 6.07 Å². The molecule has 21 heavy (non-hydrogen) atoms. The smallest absolute Gasteiger partial charge is 0.410 e. The van der Waals surface area contributed by atoms with E-state index in [4.69, 9.17) is 9.47 Å². The van der Waals surface area contributed by atoms with Crippen molar-refractivity contribution in [3.63, 3.8) is 0 Å². The van der Waals surface area contributed by atoms with E-state index in [0.29, 0.717) is 13.1 Å². The lowest BCUT2D eigenvalue weighted by Gasteiger charge is -2.39. The number of amides is 1. The Morgan fingerprint density at radius 1 is 1.33 bits per heavy atom. The quantitative estimate of drug-likeness (QED) is 0.632. The number of para-hydroxylation sites is 2. The third-order valence-corrected chi connectivity index (χ3v) is 2.86. The second-order valence-electron chi connectivity index (χ2n) is 5.85. The Bertz CT molecular complexity index is 547. The van der Waals surface area contributed by atoms with Gasteiger partial charge in [-0.05, 0) is 26.8 Å². The van der Waals surface area contributed by atoms with Crippen LogP contribution in [0.1, 0.15) is 20.8 Å². The number of hydrogen-bond acceptors (Lipinski definition) is 5. The van der Waals surface area contributed by atoms with Crippen molar-refractivity contribution in [2.24, 2.45) is 0 Å². The standard InChI is InChI=1S/C14H18N2O5/c1-14(2,3)21-13(17)15-8-10(9-15)20-12-7-5-4-6-11(12)16(18)19/h4-7,10H,8-9H2,1-3H3. The van der Waals surface area contributed by atoms with E-state index >= 15 is 0 Å². The van der Waals surface area contributed by atoms with E-state index in [2.05, 4.69) is 0 Å². The van der Waals surface area contributed by atoms with Crippen LogP contribution in [-0.4, -0.2) is 40.7 Å². The minimum Gasteiger partial charge on any atom is -0.480 e. The number of benzene rings is 1. The maximum Gasteiger partial charge on any atom is 0.410 e. The maximum absolute atomic E-state index is 11.8. The van der Waals surface area contributed by atoms with Crippen molar-refractivity contribution in [2.45, 2.75) is 32.5 Å². The van der Waals surface area contributed by atoms with Gasteiger partial charge in [0.2, 0.25) is 0 Å². The highest BCUT2D eigenvalue weighted by molar-refractivity contribution is 5.69. The zero-order valence-electron chi connectivity index (χ0n) is 12.2. The number of hydrogen-bond donors (Lipinski definition) is 0. The molecule has 0 aromatic heterocycles. The number of carbonyl (C=O) groups is 1. The van der Waals surface area contributed by atoms with Gasteiger partial charge in [-0.15, -0.1) is 0 Å². The third kappa shape index (κ3) is 3.84. The summed E-state index contributed by atoms with van der Waals surface area (Å²) in [6.07, 6.45) is -0.650. The highest BCUT2D eigenvalue weighted by atomic mass is 16.6. The molecule has 1 amide bonds. The lowest BCUT2D eigenvalue weighted by atomic mass is 10.1. The van der Waals surface area contributed by atoms with Gasteiger partial charge in [-0.1, -0.05) is 12.1 Å². The minimum atomic E-state index is -0.540. The summed E-state index contributed by atoms with van der Waals surface area (Å²) in [5.74, 6) is 0.219. The van der Waals surface area contributed by atoms with Crippen LogP contribution in [0.25, 0.3) is 0 Å². The van der Waals surface area contributed by atoms with E-state index in [0.717, 1.165) is 0 Å². The molecule has 7 heteroatoms. The molecule has 0 aliphatic carbocycles. The number of ether oxygens (including phenoxy) is 2. The first-order valence-electron chi connectivity index (χ1n) is 6.64. The summed E-state index contributed by atoms with van der Waals surface area (Å²) in [6.45, 7) is 6.12. The van der Waals surface area contributed by atoms with E-state index in [1.165, 1.54) is 11.0 Å². The van der Waals surface area contributed by atoms with Gasteiger partial charge < -0.3 is 14.4 Å². The molecule has 0 bridgehead atoms. The normalized spacial score (nSPS) is 15.3. The van der Waals surface area contributed by atoms with E-state index in [1.807, 2.05) is 0 Å². The SMILES string of the molecule is CC(C)(C)OC(=O)N1CC(Oc2ccccc2[N+](=O)[O-])C1. The molecular formula is C14H18N2O5. The molecule has 0 saturated carbocycles. The zero-order chi connectivity index (χ0) is 15.6. The molecule has 0 radical (unpaired) electrons. The summed E-state index contributed by atoms with van der Waals surface area (Å²) in [7, 11) is 0. The summed E-state index contributed by atoms with van der Waals surface area (Å²) in [4.78, 5) is 23.7. The van der Waals surface area contributed by atoms with Crippen molar-refractivity contribution in [1.29, 1.82) is 0 Å². The average molecular weight is 294 g/mol. The number of nitro benzene ring substituents is 1. The van der Waals surface area contributed by atoms with Gasteiger partial charge in [-0.25, -0.2) is 4.79 Å². The monoisotopic (exact) mass is 294 g/mol. The Labute approximate surface area is 122 Å². The fraction of sp³-hybridized carbons (Fsp3) is 0.500. The first-order chi connectivity index (χ1) is 9.76. The lowest BCUT2D eigenvalue weighted by molar-refractivity contribution is -0.386. The van der Waals surface area contributed by atoms with E-state index in [1.54, 1.807) is 39.0 Å². The average Bonchev–Trinajstić information content (AvgIpc) is 2.31. The number of nitrogens with zero attached hydrogens (tertiary/aromatic N) is 2. The highest BCUT2D eigenvalue weighted by Gasteiger charge is 2.36. The topological polar surface area (TPSA) is 81.9 Å². The fourth-order valence-electron chi connectivity index (χ4n) is 1.88. The van der Waals surface area contributed by atoms with Gasteiger partial charge in [-0.3, -0.25) is 10.1 Å². The third-order valence-electron chi connectivity index (χ3n) is 2.86. The summed E-state index contributed by atoms with van der Waals surface area (Å²) >= 11 is 0. The molecule has 1 aromatic carbocycles. The van der Waals surface area contributed by atoms with Crippen LogP contribution in [0.5, 0.6) is 5.75 Å².